The summed E-state index contributed by atoms with van der Waals surface area (Å²) in [5.41, 5.74) is 1.31. The van der Waals surface area contributed by atoms with Crippen molar-refractivity contribution in [3.63, 3.8) is 0 Å². The normalized spacial score (nSPS) is 15.9. The lowest BCUT2D eigenvalue weighted by atomic mass is 10.2. The second-order valence-corrected chi connectivity index (χ2v) is 5.80. The Bertz CT molecular complexity index is 752. The van der Waals surface area contributed by atoms with Crippen molar-refractivity contribution in [1.29, 1.82) is 0 Å². The minimum atomic E-state index is -0.370. The average molecular weight is 392 g/mol. The number of morpholine rings is 1. The van der Waals surface area contributed by atoms with Gasteiger partial charge in [0.15, 0.2) is 6.61 Å². The first-order valence-corrected chi connectivity index (χ1v) is 8.40. The fourth-order valence-electron chi connectivity index (χ4n) is 2.49. The standard InChI is InChI=1S/C19H21N3O4.ClH/c23-18(21-14-5-2-1-3-6-14)13-26-16-8-4-7-15(11-16)22-19(24)17-12-25-10-9-20-17;/h1-8,11,17,20H,9-10,12-13H2,(H,21,23)(H,22,24);1H. The van der Waals surface area contributed by atoms with E-state index in [2.05, 4.69) is 16.0 Å². The number of ether oxygens (including phenoxy) is 2. The molecular formula is C19H22ClN3O4. The van der Waals surface area contributed by atoms with E-state index in [4.69, 9.17) is 9.47 Å². The van der Waals surface area contributed by atoms with Crippen molar-refractivity contribution in [3.05, 3.63) is 54.6 Å². The Hall–Kier alpha value is -2.61. The maximum absolute atomic E-state index is 12.2. The summed E-state index contributed by atoms with van der Waals surface area (Å²) in [6, 6.07) is 15.7. The zero-order chi connectivity index (χ0) is 18.2. The van der Waals surface area contributed by atoms with E-state index in [9.17, 15) is 9.59 Å². The van der Waals surface area contributed by atoms with E-state index in [1.807, 2.05) is 18.2 Å². The molecule has 1 aliphatic heterocycles. The summed E-state index contributed by atoms with van der Waals surface area (Å²) in [5, 5.41) is 8.66. The van der Waals surface area contributed by atoms with Gasteiger partial charge in [0.1, 0.15) is 11.8 Å². The van der Waals surface area contributed by atoms with Crippen LogP contribution in [-0.4, -0.2) is 44.2 Å². The fourth-order valence-corrected chi connectivity index (χ4v) is 2.49. The van der Waals surface area contributed by atoms with Gasteiger partial charge >= 0.3 is 0 Å². The molecule has 0 bridgehead atoms. The summed E-state index contributed by atoms with van der Waals surface area (Å²) < 4.78 is 10.8. The lowest BCUT2D eigenvalue weighted by Crippen LogP contribution is -2.48. The highest BCUT2D eigenvalue weighted by molar-refractivity contribution is 5.95. The number of carbonyl (C=O) groups is 2. The molecule has 3 N–H and O–H groups in total. The van der Waals surface area contributed by atoms with Crippen LogP contribution in [-0.2, 0) is 14.3 Å². The zero-order valence-electron chi connectivity index (χ0n) is 14.6. The van der Waals surface area contributed by atoms with Crippen LogP contribution in [0.1, 0.15) is 0 Å². The molecule has 3 rings (SSSR count). The van der Waals surface area contributed by atoms with E-state index in [1.54, 1.807) is 36.4 Å². The van der Waals surface area contributed by atoms with Crippen molar-refractivity contribution in [1.82, 2.24) is 5.32 Å². The molecule has 7 nitrogen and oxygen atoms in total. The van der Waals surface area contributed by atoms with E-state index in [0.717, 1.165) is 0 Å². The Balaban J connectivity index is 0.00000261. The van der Waals surface area contributed by atoms with Gasteiger partial charge in [-0.25, -0.2) is 0 Å². The monoisotopic (exact) mass is 391 g/mol. The number of halogens is 1. The second kappa shape index (κ2) is 10.5. The molecule has 1 fully saturated rings. The first-order valence-electron chi connectivity index (χ1n) is 8.40. The van der Waals surface area contributed by atoms with Gasteiger partial charge in [-0.2, -0.15) is 0 Å². The van der Waals surface area contributed by atoms with Crippen molar-refractivity contribution < 1.29 is 19.1 Å². The SMILES string of the molecule is Cl.O=C(COc1cccc(NC(=O)C2COCCN2)c1)Nc1ccccc1. The average Bonchev–Trinajstić information content (AvgIpc) is 2.68. The Kier molecular flexibility index (Phi) is 8.06. The predicted molar refractivity (Wildman–Crippen MR) is 105 cm³/mol. The molecule has 8 heteroatoms. The van der Waals surface area contributed by atoms with Gasteiger partial charge in [0.05, 0.1) is 13.2 Å². The predicted octanol–water partition coefficient (Wildman–Crippen LogP) is 2.05. The Morgan fingerprint density at radius 3 is 2.59 bits per heavy atom. The second-order valence-electron chi connectivity index (χ2n) is 5.80. The highest BCUT2D eigenvalue weighted by atomic mass is 35.5. The summed E-state index contributed by atoms with van der Waals surface area (Å²) in [6.45, 7) is 1.49. The minimum absolute atomic E-state index is 0. The number of hydrogen-bond donors (Lipinski definition) is 3. The topological polar surface area (TPSA) is 88.7 Å². The van der Waals surface area contributed by atoms with Gasteiger partial charge in [-0.3, -0.25) is 9.59 Å². The van der Waals surface area contributed by atoms with Gasteiger partial charge in [0.2, 0.25) is 5.91 Å². The fraction of sp³-hybridized carbons (Fsp3) is 0.263. The van der Waals surface area contributed by atoms with Crippen LogP contribution in [0.4, 0.5) is 11.4 Å². The lowest BCUT2D eigenvalue weighted by Gasteiger charge is -2.22. The van der Waals surface area contributed by atoms with Gasteiger partial charge < -0.3 is 25.4 Å². The van der Waals surface area contributed by atoms with E-state index in [1.165, 1.54) is 0 Å². The van der Waals surface area contributed by atoms with E-state index >= 15 is 0 Å². The van der Waals surface area contributed by atoms with Crippen molar-refractivity contribution in [3.8, 4) is 5.75 Å². The van der Waals surface area contributed by atoms with Crippen molar-refractivity contribution in [2.45, 2.75) is 6.04 Å². The van der Waals surface area contributed by atoms with Crippen LogP contribution in [0, 0.1) is 0 Å². The molecule has 144 valence electrons. The Labute approximate surface area is 163 Å². The van der Waals surface area contributed by atoms with Gasteiger partial charge in [0, 0.05) is 24.0 Å². The number of rotatable bonds is 6. The quantitative estimate of drug-likeness (QED) is 0.701. The molecule has 27 heavy (non-hydrogen) atoms. The molecule has 0 aromatic heterocycles. The summed E-state index contributed by atoms with van der Waals surface area (Å²) in [5.74, 6) is 0.0803. The molecule has 2 aromatic rings. The number of anilines is 2. The number of nitrogens with one attached hydrogen (secondary N) is 3. The molecule has 1 saturated heterocycles. The van der Waals surface area contributed by atoms with Crippen molar-refractivity contribution >= 4 is 35.6 Å². The van der Waals surface area contributed by atoms with Crippen LogP contribution < -0.4 is 20.7 Å². The highest BCUT2D eigenvalue weighted by Gasteiger charge is 2.21. The van der Waals surface area contributed by atoms with Crippen LogP contribution in [0.3, 0.4) is 0 Å². The number of para-hydroxylation sites is 1. The number of carbonyl (C=O) groups excluding carboxylic acids is 2. The molecule has 0 aliphatic carbocycles. The number of hydrogen-bond acceptors (Lipinski definition) is 5. The van der Waals surface area contributed by atoms with Crippen LogP contribution in [0.15, 0.2) is 54.6 Å². The molecule has 2 aromatic carbocycles. The molecule has 1 atom stereocenters. The number of amides is 2. The van der Waals surface area contributed by atoms with E-state index in [0.29, 0.717) is 36.9 Å². The third kappa shape index (κ3) is 6.56. The Morgan fingerprint density at radius 1 is 1.07 bits per heavy atom. The van der Waals surface area contributed by atoms with E-state index < -0.39 is 0 Å². The van der Waals surface area contributed by atoms with Crippen molar-refractivity contribution in [2.75, 3.05) is 37.0 Å². The van der Waals surface area contributed by atoms with Crippen LogP contribution in [0.5, 0.6) is 5.75 Å². The van der Waals surface area contributed by atoms with Gasteiger partial charge in [-0.05, 0) is 24.3 Å². The number of benzene rings is 2. The molecule has 0 saturated carbocycles. The Morgan fingerprint density at radius 2 is 1.85 bits per heavy atom. The summed E-state index contributed by atoms with van der Waals surface area (Å²) in [7, 11) is 0. The van der Waals surface area contributed by atoms with E-state index in [-0.39, 0.29) is 36.9 Å². The molecule has 0 radical (unpaired) electrons. The lowest BCUT2D eigenvalue weighted by molar-refractivity contribution is -0.121. The highest BCUT2D eigenvalue weighted by Crippen LogP contribution is 2.18. The summed E-state index contributed by atoms with van der Waals surface area (Å²) >= 11 is 0. The molecule has 1 heterocycles. The first kappa shape index (κ1) is 20.7. The molecule has 2 amide bonds. The minimum Gasteiger partial charge on any atom is -0.484 e. The zero-order valence-corrected chi connectivity index (χ0v) is 15.5. The largest absolute Gasteiger partial charge is 0.484 e. The third-order valence-electron chi connectivity index (χ3n) is 3.77. The maximum atomic E-state index is 12.2. The molecule has 0 spiro atoms. The van der Waals surface area contributed by atoms with Crippen LogP contribution in [0.25, 0.3) is 0 Å². The smallest absolute Gasteiger partial charge is 0.262 e. The molecule has 1 aliphatic rings. The third-order valence-corrected chi connectivity index (χ3v) is 3.77. The van der Waals surface area contributed by atoms with Gasteiger partial charge in [0.25, 0.3) is 5.91 Å². The molecule has 1 unspecified atom stereocenters. The molecular weight excluding hydrogens is 370 g/mol. The van der Waals surface area contributed by atoms with Crippen LogP contribution >= 0.6 is 12.4 Å². The maximum Gasteiger partial charge on any atom is 0.262 e. The van der Waals surface area contributed by atoms with Gasteiger partial charge in [-0.15, -0.1) is 12.4 Å². The van der Waals surface area contributed by atoms with Gasteiger partial charge in [-0.1, -0.05) is 24.3 Å². The first-order chi connectivity index (χ1) is 12.7. The van der Waals surface area contributed by atoms with Crippen LogP contribution in [0.2, 0.25) is 0 Å². The summed E-state index contributed by atoms with van der Waals surface area (Å²) in [4.78, 5) is 24.1. The van der Waals surface area contributed by atoms with Crippen molar-refractivity contribution in [2.24, 2.45) is 0 Å². The summed E-state index contributed by atoms with van der Waals surface area (Å²) in [6.07, 6.45) is 0.